The molecule has 2 aromatic heterocycles. The molecule has 0 fully saturated rings. The van der Waals surface area contributed by atoms with Crippen LogP contribution < -0.4 is 11.5 Å². The molecule has 0 saturated heterocycles. The van der Waals surface area contributed by atoms with Crippen molar-refractivity contribution in [2.24, 2.45) is 0 Å². The van der Waals surface area contributed by atoms with E-state index < -0.39 is 0 Å². The number of nitrogens with two attached hydrogens (primary N) is 2. The maximum absolute atomic E-state index is 13.3. The van der Waals surface area contributed by atoms with Gasteiger partial charge in [0.1, 0.15) is 11.6 Å². The van der Waals surface area contributed by atoms with Crippen LogP contribution in [0.25, 0.3) is 27.8 Å². The van der Waals surface area contributed by atoms with E-state index in [1.807, 2.05) is 42.0 Å². The summed E-state index contributed by atoms with van der Waals surface area (Å²) in [7, 11) is 0. The van der Waals surface area contributed by atoms with Gasteiger partial charge in [-0.2, -0.15) is 9.97 Å². The van der Waals surface area contributed by atoms with Crippen molar-refractivity contribution in [1.82, 2.24) is 14.5 Å². The largest absolute Gasteiger partial charge is 0.383 e. The SMILES string of the molecule is Cc1cccc(-n2cc(-c3ccc(F)cc3)c3c(N)nc(N)nc32)c1. The van der Waals surface area contributed by atoms with Gasteiger partial charge in [-0.3, -0.25) is 0 Å². The van der Waals surface area contributed by atoms with Crippen molar-refractivity contribution in [3.8, 4) is 16.8 Å². The molecular formula is C19H16FN5. The first-order chi connectivity index (χ1) is 12.0. The molecular weight excluding hydrogens is 317 g/mol. The van der Waals surface area contributed by atoms with Crippen LogP contribution in [-0.4, -0.2) is 14.5 Å². The molecule has 4 rings (SSSR count). The van der Waals surface area contributed by atoms with Gasteiger partial charge in [0.2, 0.25) is 5.95 Å². The van der Waals surface area contributed by atoms with E-state index in [0.717, 1.165) is 22.4 Å². The third kappa shape index (κ3) is 2.57. The van der Waals surface area contributed by atoms with Crippen LogP contribution in [0.3, 0.4) is 0 Å². The summed E-state index contributed by atoms with van der Waals surface area (Å²) in [6, 6.07) is 14.3. The van der Waals surface area contributed by atoms with Gasteiger partial charge in [0.05, 0.1) is 5.39 Å². The van der Waals surface area contributed by atoms with Crippen LogP contribution in [0.2, 0.25) is 0 Å². The van der Waals surface area contributed by atoms with Gasteiger partial charge < -0.3 is 16.0 Å². The zero-order chi connectivity index (χ0) is 17.6. The fourth-order valence-electron chi connectivity index (χ4n) is 2.99. The van der Waals surface area contributed by atoms with Gasteiger partial charge in [-0.15, -0.1) is 0 Å². The van der Waals surface area contributed by atoms with Crippen molar-refractivity contribution in [1.29, 1.82) is 0 Å². The Morgan fingerprint density at radius 3 is 2.48 bits per heavy atom. The summed E-state index contributed by atoms with van der Waals surface area (Å²) >= 11 is 0. The average molecular weight is 333 g/mol. The second kappa shape index (κ2) is 5.59. The summed E-state index contributed by atoms with van der Waals surface area (Å²) in [5.74, 6) is 0.121. The molecule has 0 atom stereocenters. The predicted molar refractivity (Wildman–Crippen MR) is 97.8 cm³/mol. The number of nitrogen functional groups attached to an aromatic ring is 2. The maximum Gasteiger partial charge on any atom is 0.224 e. The van der Waals surface area contributed by atoms with Gasteiger partial charge in [-0.05, 0) is 42.3 Å². The smallest absolute Gasteiger partial charge is 0.224 e. The number of halogens is 1. The van der Waals surface area contributed by atoms with Crippen molar-refractivity contribution in [3.05, 3.63) is 66.1 Å². The summed E-state index contributed by atoms with van der Waals surface area (Å²) in [5.41, 5.74) is 16.3. The first-order valence-corrected chi connectivity index (χ1v) is 7.80. The Morgan fingerprint density at radius 1 is 1.00 bits per heavy atom. The Labute approximate surface area is 143 Å². The first kappa shape index (κ1) is 15.1. The van der Waals surface area contributed by atoms with Gasteiger partial charge in [-0.1, -0.05) is 24.3 Å². The number of aromatic nitrogens is 3. The van der Waals surface area contributed by atoms with E-state index >= 15 is 0 Å². The second-order valence-electron chi connectivity index (χ2n) is 5.92. The molecule has 0 bridgehead atoms. The molecule has 2 heterocycles. The molecule has 0 aliphatic rings. The van der Waals surface area contributed by atoms with Crippen LogP contribution in [0.15, 0.2) is 54.7 Å². The molecule has 0 radical (unpaired) electrons. The summed E-state index contributed by atoms with van der Waals surface area (Å²) in [6.07, 6.45) is 1.93. The summed E-state index contributed by atoms with van der Waals surface area (Å²) in [6.45, 7) is 2.02. The molecule has 2 aromatic carbocycles. The fraction of sp³-hybridized carbons (Fsp3) is 0.0526. The zero-order valence-corrected chi connectivity index (χ0v) is 13.6. The maximum atomic E-state index is 13.3. The molecule has 0 unspecified atom stereocenters. The average Bonchev–Trinajstić information content (AvgIpc) is 2.95. The standard InChI is InChI=1S/C19H16FN5/c1-11-3-2-4-14(9-11)25-10-15(12-5-7-13(20)8-6-12)16-17(21)23-19(22)24-18(16)25/h2-10H,1H3,(H4,21,22,23,24). The van der Waals surface area contributed by atoms with Gasteiger partial charge in [0, 0.05) is 17.4 Å². The highest BCUT2D eigenvalue weighted by atomic mass is 19.1. The number of nitrogens with zero attached hydrogens (tertiary/aromatic N) is 3. The molecule has 0 amide bonds. The van der Waals surface area contributed by atoms with E-state index in [1.54, 1.807) is 12.1 Å². The molecule has 0 aliphatic carbocycles. The minimum atomic E-state index is -0.292. The number of anilines is 2. The second-order valence-corrected chi connectivity index (χ2v) is 5.92. The lowest BCUT2D eigenvalue weighted by atomic mass is 10.1. The van der Waals surface area contributed by atoms with E-state index in [1.165, 1.54) is 12.1 Å². The molecule has 0 saturated carbocycles. The Bertz CT molecular complexity index is 1080. The van der Waals surface area contributed by atoms with Crippen molar-refractivity contribution in [2.75, 3.05) is 11.5 Å². The minimum Gasteiger partial charge on any atom is -0.383 e. The van der Waals surface area contributed by atoms with Crippen LogP contribution in [0.1, 0.15) is 5.56 Å². The normalized spacial score (nSPS) is 11.1. The molecule has 4 N–H and O–H groups in total. The van der Waals surface area contributed by atoms with Crippen LogP contribution in [0, 0.1) is 12.7 Å². The lowest BCUT2D eigenvalue weighted by Gasteiger charge is -2.06. The molecule has 5 nitrogen and oxygen atoms in total. The monoisotopic (exact) mass is 333 g/mol. The van der Waals surface area contributed by atoms with Gasteiger partial charge in [0.25, 0.3) is 0 Å². The highest BCUT2D eigenvalue weighted by Crippen LogP contribution is 2.35. The summed E-state index contributed by atoms with van der Waals surface area (Å²) in [5, 5.41) is 0.697. The highest BCUT2D eigenvalue weighted by molar-refractivity contribution is 6.02. The van der Waals surface area contributed by atoms with Gasteiger partial charge in [-0.25, -0.2) is 4.39 Å². The molecule has 6 heteroatoms. The lowest BCUT2D eigenvalue weighted by Crippen LogP contribution is -2.02. The quantitative estimate of drug-likeness (QED) is 0.586. The molecule has 4 aromatic rings. The molecule has 25 heavy (non-hydrogen) atoms. The lowest BCUT2D eigenvalue weighted by molar-refractivity contribution is 0.628. The molecule has 0 aliphatic heterocycles. The van der Waals surface area contributed by atoms with Crippen LogP contribution in [0.5, 0.6) is 0 Å². The van der Waals surface area contributed by atoms with Crippen LogP contribution >= 0.6 is 0 Å². The van der Waals surface area contributed by atoms with Crippen molar-refractivity contribution >= 4 is 22.8 Å². The Hall–Kier alpha value is -3.41. The molecule has 0 spiro atoms. The van der Waals surface area contributed by atoms with Crippen LogP contribution in [0.4, 0.5) is 16.2 Å². The van der Waals surface area contributed by atoms with Gasteiger partial charge >= 0.3 is 0 Å². The number of benzene rings is 2. The fourth-order valence-corrected chi connectivity index (χ4v) is 2.99. The number of aryl methyl sites for hydroxylation is 1. The van der Waals surface area contributed by atoms with Crippen molar-refractivity contribution in [2.45, 2.75) is 6.92 Å². The van der Waals surface area contributed by atoms with E-state index in [9.17, 15) is 4.39 Å². The topological polar surface area (TPSA) is 82.8 Å². The zero-order valence-electron chi connectivity index (χ0n) is 13.6. The summed E-state index contributed by atoms with van der Waals surface area (Å²) < 4.78 is 15.2. The third-order valence-corrected chi connectivity index (χ3v) is 4.13. The minimum absolute atomic E-state index is 0.114. The number of rotatable bonds is 2. The third-order valence-electron chi connectivity index (χ3n) is 4.13. The van der Waals surface area contributed by atoms with Gasteiger partial charge in [0.15, 0.2) is 5.65 Å². The molecule has 124 valence electrons. The Kier molecular flexibility index (Phi) is 3.39. The van der Waals surface area contributed by atoms with E-state index in [4.69, 9.17) is 11.5 Å². The van der Waals surface area contributed by atoms with Crippen LogP contribution in [-0.2, 0) is 0 Å². The van der Waals surface area contributed by atoms with E-state index in [-0.39, 0.29) is 11.8 Å². The first-order valence-electron chi connectivity index (χ1n) is 7.80. The van der Waals surface area contributed by atoms with Crippen molar-refractivity contribution in [3.63, 3.8) is 0 Å². The summed E-state index contributed by atoms with van der Waals surface area (Å²) in [4.78, 5) is 8.47. The Balaban J connectivity index is 2.06. The number of hydrogen-bond donors (Lipinski definition) is 2. The van der Waals surface area contributed by atoms with Crippen molar-refractivity contribution < 1.29 is 4.39 Å². The number of fused-ring (bicyclic) bond motifs is 1. The Morgan fingerprint density at radius 2 is 1.76 bits per heavy atom. The van der Waals surface area contributed by atoms with E-state index in [0.29, 0.717) is 16.9 Å². The highest BCUT2D eigenvalue weighted by Gasteiger charge is 2.17. The van der Waals surface area contributed by atoms with E-state index in [2.05, 4.69) is 9.97 Å². The number of hydrogen-bond acceptors (Lipinski definition) is 4. The predicted octanol–water partition coefficient (Wildman–Crippen LogP) is 3.70.